The van der Waals surface area contributed by atoms with Gasteiger partial charge in [-0.15, -0.1) is 0 Å². The highest BCUT2D eigenvalue weighted by Crippen LogP contribution is 2.17. The second-order valence-electron chi connectivity index (χ2n) is 6.75. The zero-order chi connectivity index (χ0) is 20.5. The van der Waals surface area contributed by atoms with Crippen molar-refractivity contribution in [3.8, 4) is 11.5 Å². The third-order valence-corrected chi connectivity index (χ3v) is 3.97. The van der Waals surface area contributed by atoms with Crippen molar-refractivity contribution in [1.82, 2.24) is 10.3 Å². The van der Waals surface area contributed by atoms with Gasteiger partial charge in [0.2, 0.25) is 0 Å². The smallest absolute Gasteiger partial charge is 0.319 e. The van der Waals surface area contributed by atoms with Crippen molar-refractivity contribution < 1.29 is 14.3 Å². The summed E-state index contributed by atoms with van der Waals surface area (Å²) in [6, 6.07) is 20.3. The Hall–Kier alpha value is -3.54. The molecule has 0 atom stereocenters. The average Bonchev–Trinajstić information content (AvgIpc) is 2.73. The van der Waals surface area contributed by atoms with Gasteiger partial charge >= 0.3 is 6.03 Å². The molecule has 6 nitrogen and oxygen atoms in total. The molecule has 0 spiro atoms. The van der Waals surface area contributed by atoms with Crippen LogP contribution >= 0.6 is 0 Å². The number of urea groups is 1. The molecule has 6 heteroatoms. The second-order valence-corrected chi connectivity index (χ2v) is 6.75. The van der Waals surface area contributed by atoms with E-state index in [2.05, 4.69) is 15.6 Å². The van der Waals surface area contributed by atoms with Crippen molar-refractivity contribution in [2.24, 2.45) is 0 Å². The summed E-state index contributed by atoms with van der Waals surface area (Å²) in [5.74, 6) is 1.53. The Morgan fingerprint density at radius 2 is 1.69 bits per heavy atom. The lowest BCUT2D eigenvalue weighted by molar-refractivity contribution is 0.242. The van der Waals surface area contributed by atoms with Crippen molar-refractivity contribution in [1.29, 1.82) is 0 Å². The number of hydrogen-bond acceptors (Lipinski definition) is 4. The van der Waals surface area contributed by atoms with Gasteiger partial charge in [-0.3, -0.25) is 4.98 Å². The normalized spacial score (nSPS) is 10.4. The predicted molar refractivity (Wildman–Crippen MR) is 113 cm³/mol. The topological polar surface area (TPSA) is 72.5 Å². The quantitative estimate of drug-likeness (QED) is 0.580. The SMILES string of the molecule is CC(C)Oc1ccc(NC(=O)NCc2ccc(OCc3ccccn3)cc2)cc1. The third kappa shape index (κ3) is 6.84. The average molecular weight is 391 g/mol. The number of ether oxygens (including phenoxy) is 2. The van der Waals surface area contributed by atoms with Crippen molar-refractivity contribution >= 4 is 11.7 Å². The minimum absolute atomic E-state index is 0.115. The van der Waals surface area contributed by atoms with Crippen molar-refractivity contribution in [3.05, 3.63) is 84.2 Å². The van der Waals surface area contributed by atoms with Gasteiger partial charge in [0, 0.05) is 18.4 Å². The summed E-state index contributed by atoms with van der Waals surface area (Å²) < 4.78 is 11.3. The van der Waals surface area contributed by atoms with Crippen LogP contribution in [0.4, 0.5) is 10.5 Å². The zero-order valence-electron chi connectivity index (χ0n) is 16.6. The van der Waals surface area contributed by atoms with Crippen molar-refractivity contribution in [2.45, 2.75) is 33.1 Å². The summed E-state index contributed by atoms with van der Waals surface area (Å²) >= 11 is 0. The molecule has 3 aromatic rings. The summed E-state index contributed by atoms with van der Waals surface area (Å²) in [6.07, 6.45) is 1.86. The molecule has 2 N–H and O–H groups in total. The number of nitrogens with one attached hydrogen (secondary N) is 2. The van der Waals surface area contributed by atoms with E-state index in [4.69, 9.17) is 9.47 Å². The fraction of sp³-hybridized carbons (Fsp3) is 0.217. The summed E-state index contributed by atoms with van der Waals surface area (Å²) in [5.41, 5.74) is 2.56. The fourth-order valence-corrected chi connectivity index (χ4v) is 2.59. The number of aromatic nitrogens is 1. The zero-order valence-corrected chi connectivity index (χ0v) is 16.6. The molecule has 1 heterocycles. The standard InChI is InChI=1S/C23H25N3O3/c1-17(2)29-22-12-8-19(9-13-22)26-23(27)25-15-18-6-10-21(11-7-18)28-16-20-5-3-4-14-24-20/h3-14,17H,15-16H2,1-2H3,(H2,25,26,27). The minimum atomic E-state index is -0.266. The van der Waals surface area contributed by atoms with Gasteiger partial charge < -0.3 is 20.1 Å². The molecule has 0 aliphatic carbocycles. The van der Waals surface area contributed by atoms with E-state index >= 15 is 0 Å². The molecule has 2 aromatic carbocycles. The second kappa shape index (κ2) is 10.1. The number of pyridine rings is 1. The summed E-state index contributed by atoms with van der Waals surface area (Å²) in [4.78, 5) is 16.3. The first-order valence-corrected chi connectivity index (χ1v) is 9.52. The van der Waals surface area contributed by atoms with Crippen LogP contribution in [0.1, 0.15) is 25.1 Å². The maximum absolute atomic E-state index is 12.1. The van der Waals surface area contributed by atoms with Crippen LogP contribution in [-0.2, 0) is 13.2 Å². The van der Waals surface area contributed by atoms with Gasteiger partial charge in [0.1, 0.15) is 18.1 Å². The van der Waals surface area contributed by atoms with E-state index in [1.54, 1.807) is 6.20 Å². The maximum Gasteiger partial charge on any atom is 0.319 e. The lowest BCUT2D eigenvalue weighted by Gasteiger charge is -2.11. The van der Waals surface area contributed by atoms with E-state index in [-0.39, 0.29) is 12.1 Å². The van der Waals surface area contributed by atoms with Crippen molar-refractivity contribution in [2.75, 3.05) is 5.32 Å². The molecular formula is C23H25N3O3. The number of anilines is 1. The predicted octanol–water partition coefficient (Wildman–Crippen LogP) is 4.77. The lowest BCUT2D eigenvalue weighted by atomic mass is 10.2. The molecule has 0 saturated heterocycles. The van der Waals surface area contributed by atoms with Crippen LogP contribution in [0.25, 0.3) is 0 Å². The number of carbonyl (C=O) groups excluding carboxylic acids is 1. The van der Waals surface area contributed by atoms with Gasteiger partial charge in [-0.1, -0.05) is 18.2 Å². The minimum Gasteiger partial charge on any atom is -0.491 e. The molecule has 0 fully saturated rings. The highest BCUT2D eigenvalue weighted by molar-refractivity contribution is 5.89. The molecular weight excluding hydrogens is 366 g/mol. The van der Waals surface area contributed by atoms with Crippen LogP contribution in [0.5, 0.6) is 11.5 Å². The maximum atomic E-state index is 12.1. The first-order valence-electron chi connectivity index (χ1n) is 9.52. The molecule has 0 unspecified atom stereocenters. The van der Waals surface area contributed by atoms with Crippen LogP contribution < -0.4 is 20.1 Å². The molecule has 3 rings (SSSR count). The molecule has 2 amide bonds. The van der Waals surface area contributed by atoms with Gasteiger partial charge in [-0.25, -0.2) is 4.79 Å². The van der Waals surface area contributed by atoms with Crippen LogP contribution in [0.2, 0.25) is 0 Å². The summed E-state index contributed by atoms with van der Waals surface area (Å²) in [6.45, 7) is 4.78. The van der Waals surface area contributed by atoms with E-state index in [0.717, 1.165) is 22.8 Å². The highest BCUT2D eigenvalue weighted by atomic mass is 16.5. The van der Waals surface area contributed by atoms with Gasteiger partial charge in [0.05, 0.1) is 11.8 Å². The van der Waals surface area contributed by atoms with E-state index in [1.807, 2.05) is 80.6 Å². The molecule has 0 radical (unpaired) electrons. The van der Waals surface area contributed by atoms with Gasteiger partial charge in [0.15, 0.2) is 0 Å². The number of amides is 2. The Kier molecular flexibility index (Phi) is 7.05. The van der Waals surface area contributed by atoms with Crippen LogP contribution in [-0.4, -0.2) is 17.1 Å². The van der Waals surface area contributed by atoms with Crippen molar-refractivity contribution in [3.63, 3.8) is 0 Å². The summed E-state index contributed by atoms with van der Waals surface area (Å²) in [7, 11) is 0. The molecule has 1 aromatic heterocycles. The van der Waals surface area contributed by atoms with E-state index in [9.17, 15) is 4.79 Å². The van der Waals surface area contributed by atoms with E-state index < -0.39 is 0 Å². The molecule has 0 saturated carbocycles. The number of carbonyl (C=O) groups is 1. The molecule has 150 valence electrons. The lowest BCUT2D eigenvalue weighted by Crippen LogP contribution is -2.28. The Morgan fingerprint density at radius 1 is 0.966 bits per heavy atom. The number of hydrogen-bond donors (Lipinski definition) is 2. The van der Waals surface area contributed by atoms with E-state index in [1.165, 1.54) is 0 Å². The molecule has 29 heavy (non-hydrogen) atoms. The Morgan fingerprint density at radius 3 is 2.34 bits per heavy atom. The van der Waals surface area contributed by atoms with Gasteiger partial charge in [0.25, 0.3) is 0 Å². The van der Waals surface area contributed by atoms with Crippen LogP contribution in [0, 0.1) is 0 Å². The number of nitrogens with zero attached hydrogens (tertiary/aromatic N) is 1. The monoisotopic (exact) mass is 391 g/mol. The Bertz CT molecular complexity index is 895. The van der Waals surface area contributed by atoms with E-state index in [0.29, 0.717) is 18.8 Å². The fourth-order valence-electron chi connectivity index (χ4n) is 2.59. The third-order valence-electron chi connectivity index (χ3n) is 3.97. The molecule has 0 bridgehead atoms. The summed E-state index contributed by atoms with van der Waals surface area (Å²) in [5, 5.41) is 5.64. The van der Waals surface area contributed by atoms with Crippen LogP contribution in [0.3, 0.4) is 0 Å². The van der Waals surface area contributed by atoms with Crippen LogP contribution in [0.15, 0.2) is 72.9 Å². The number of benzene rings is 2. The highest BCUT2D eigenvalue weighted by Gasteiger charge is 2.04. The molecule has 0 aliphatic rings. The van der Waals surface area contributed by atoms with Gasteiger partial charge in [-0.2, -0.15) is 0 Å². The van der Waals surface area contributed by atoms with Gasteiger partial charge in [-0.05, 0) is 67.9 Å². The Labute approximate surface area is 170 Å². The first-order chi connectivity index (χ1) is 14.1. The Balaban J connectivity index is 1.42. The first kappa shape index (κ1) is 20.2. The largest absolute Gasteiger partial charge is 0.491 e. The molecule has 0 aliphatic heterocycles. The number of rotatable bonds is 8.